The monoisotopic (exact) mass is 276 g/mol. The normalized spacial score (nSPS) is 14.8. The number of pyridine rings is 1. The molecule has 1 N–H and O–H groups in total. The van der Waals surface area contributed by atoms with E-state index in [9.17, 15) is 0 Å². The van der Waals surface area contributed by atoms with Gasteiger partial charge in [-0.3, -0.25) is 0 Å². The first-order chi connectivity index (χ1) is 9.28. The highest BCUT2D eigenvalue weighted by Gasteiger charge is 2.28. The zero-order valence-corrected chi connectivity index (χ0v) is 11.8. The Hall–Kier alpha value is -1.47. The number of aromatic nitrogens is 5. The summed E-state index contributed by atoms with van der Waals surface area (Å²) in [6.45, 7) is 2.90. The van der Waals surface area contributed by atoms with Crippen molar-refractivity contribution in [3.05, 3.63) is 23.4 Å². The fourth-order valence-corrected chi connectivity index (χ4v) is 2.77. The van der Waals surface area contributed by atoms with Crippen molar-refractivity contribution in [2.45, 2.75) is 42.5 Å². The lowest BCUT2D eigenvalue weighted by molar-refractivity contribution is 0.565. The molecule has 0 spiro atoms. The molecule has 1 fully saturated rings. The molecule has 0 bridgehead atoms. The van der Waals surface area contributed by atoms with Crippen LogP contribution in [-0.2, 0) is 6.54 Å². The predicted octanol–water partition coefficient (Wildman–Crippen LogP) is 1.58. The highest BCUT2D eigenvalue weighted by molar-refractivity contribution is 7.99. The molecule has 7 heteroatoms. The van der Waals surface area contributed by atoms with Crippen molar-refractivity contribution in [1.29, 1.82) is 0 Å². The minimum absolute atomic E-state index is 0.487. The van der Waals surface area contributed by atoms with Crippen molar-refractivity contribution in [2.75, 3.05) is 7.05 Å². The summed E-state index contributed by atoms with van der Waals surface area (Å²) in [5.41, 5.74) is 2.34. The molecule has 2 aromatic heterocycles. The molecule has 1 aliphatic carbocycles. The average molecular weight is 276 g/mol. The summed E-state index contributed by atoms with van der Waals surface area (Å²) < 4.78 is 1.91. The fraction of sp³-hybridized carbons (Fsp3) is 0.500. The van der Waals surface area contributed by atoms with Crippen molar-refractivity contribution in [1.82, 2.24) is 30.5 Å². The lowest BCUT2D eigenvalue weighted by atomic mass is 10.2. The van der Waals surface area contributed by atoms with Gasteiger partial charge in [-0.25, -0.2) is 9.67 Å². The van der Waals surface area contributed by atoms with E-state index in [0.717, 1.165) is 22.3 Å². The van der Waals surface area contributed by atoms with Gasteiger partial charge in [0.1, 0.15) is 5.03 Å². The Bertz CT molecular complexity index is 577. The van der Waals surface area contributed by atoms with Crippen LogP contribution in [0.3, 0.4) is 0 Å². The number of nitrogens with one attached hydrogen (secondary N) is 1. The molecular formula is C12H16N6S. The van der Waals surface area contributed by atoms with Crippen LogP contribution in [0.5, 0.6) is 0 Å². The third-order valence-corrected chi connectivity index (χ3v) is 4.08. The maximum absolute atomic E-state index is 4.51. The van der Waals surface area contributed by atoms with Crippen LogP contribution < -0.4 is 5.32 Å². The maximum atomic E-state index is 4.51. The first-order valence-electron chi connectivity index (χ1n) is 6.34. The standard InChI is InChI=1S/C12H16N6S/c1-8-5-9(6-13-2)7-14-11(8)19-12-15-16-17-18(12)10-3-4-10/h5,7,10,13H,3-4,6H2,1-2H3. The highest BCUT2D eigenvalue weighted by atomic mass is 32.2. The molecule has 3 rings (SSSR count). The van der Waals surface area contributed by atoms with Crippen molar-refractivity contribution in [3.8, 4) is 0 Å². The molecule has 0 saturated heterocycles. The molecule has 0 aromatic carbocycles. The van der Waals surface area contributed by atoms with Gasteiger partial charge in [0.05, 0.1) is 6.04 Å². The summed E-state index contributed by atoms with van der Waals surface area (Å²) in [4.78, 5) is 4.51. The fourth-order valence-electron chi connectivity index (χ4n) is 1.92. The first kappa shape index (κ1) is 12.6. The minimum atomic E-state index is 0.487. The summed E-state index contributed by atoms with van der Waals surface area (Å²) in [5, 5.41) is 16.8. The maximum Gasteiger partial charge on any atom is 0.215 e. The van der Waals surface area contributed by atoms with Crippen molar-refractivity contribution < 1.29 is 0 Å². The van der Waals surface area contributed by atoms with Gasteiger partial charge in [-0.15, -0.1) is 5.10 Å². The molecule has 0 atom stereocenters. The zero-order chi connectivity index (χ0) is 13.2. The summed E-state index contributed by atoms with van der Waals surface area (Å²) >= 11 is 1.54. The second-order valence-corrected chi connectivity index (χ2v) is 5.69. The summed E-state index contributed by atoms with van der Waals surface area (Å²) in [5.74, 6) is 0. The smallest absolute Gasteiger partial charge is 0.215 e. The molecule has 0 radical (unpaired) electrons. The molecule has 0 amide bonds. The van der Waals surface area contributed by atoms with E-state index in [1.807, 2.05) is 17.9 Å². The summed E-state index contributed by atoms with van der Waals surface area (Å²) in [7, 11) is 1.93. The second-order valence-electron chi connectivity index (χ2n) is 4.74. The van der Waals surface area contributed by atoms with E-state index < -0.39 is 0 Å². The third kappa shape index (κ3) is 2.76. The van der Waals surface area contributed by atoms with Crippen LogP contribution in [0.2, 0.25) is 0 Å². The quantitative estimate of drug-likeness (QED) is 0.894. The lowest BCUT2D eigenvalue weighted by Gasteiger charge is -2.07. The van der Waals surface area contributed by atoms with E-state index in [4.69, 9.17) is 0 Å². The molecular weight excluding hydrogens is 260 g/mol. The Morgan fingerprint density at radius 2 is 2.32 bits per heavy atom. The molecule has 2 heterocycles. The van der Waals surface area contributed by atoms with Gasteiger partial charge >= 0.3 is 0 Å². The van der Waals surface area contributed by atoms with Gasteiger partial charge in [0, 0.05) is 12.7 Å². The molecule has 0 aliphatic heterocycles. The summed E-state index contributed by atoms with van der Waals surface area (Å²) in [6, 6.07) is 2.64. The van der Waals surface area contributed by atoms with E-state index in [1.165, 1.54) is 30.2 Å². The van der Waals surface area contributed by atoms with Crippen molar-refractivity contribution >= 4 is 11.8 Å². The van der Waals surface area contributed by atoms with E-state index in [1.54, 1.807) is 0 Å². The minimum Gasteiger partial charge on any atom is -0.316 e. The molecule has 100 valence electrons. The van der Waals surface area contributed by atoms with Gasteiger partial charge in [0.25, 0.3) is 0 Å². The van der Waals surface area contributed by atoms with E-state index in [0.29, 0.717) is 6.04 Å². The third-order valence-electron chi connectivity index (χ3n) is 3.01. The number of hydrogen-bond acceptors (Lipinski definition) is 6. The number of rotatable bonds is 5. The molecule has 2 aromatic rings. The van der Waals surface area contributed by atoms with Crippen LogP contribution in [-0.4, -0.2) is 32.2 Å². The SMILES string of the molecule is CNCc1cnc(Sc2nnnn2C2CC2)c(C)c1. The number of tetrazole rings is 1. The average Bonchev–Trinajstić information content (AvgIpc) is 3.14. The van der Waals surface area contributed by atoms with Crippen LogP contribution in [0.4, 0.5) is 0 Å². The van der Waals surface area contributed by atoms with Crippen molar-refractivity contribution in [2.24, 2.45) is 0 Å². The molecule has 0 unspecified atom stereocenters. The Balaban J connectivity index is 1.80. The van der Waals surface area contributed by atoms with Gasteiger partial charge < -0.3 is 5.32 Å². The summed E-state index contributed by atoms with van der Waals surface area (Å²) in [6.07, 6.45) is 4.25. The lowest BCUT2D eigenvalue weighted by Crippen LogP contribution is -2.06. The highest BCUT2D eigenvalue weighted by Crippen LogP contribution is 2.38. The second kappa shape index (κ2) is 5.26. The van der Waals surface area contributed by atoms with Crippen LogP contribution in [0.1, 0.15) is 30.0 Å². The molecule has 1 aliphatic rings. The van der Waals surface area contributed by atoms with Gasteiger partial charge in [0.15, 0.2) is 0 Å². The Labute approximate surface area is 116 Å². The van der Waals surface area contributed by atoms with Gasteiger partial charge in [-0.1, -0.05) is 6.07 Å². The topological polar surface area (TPSA) is 68.5 Å². The Morgan fingerprint density at radius 1 is 1.47 bits per heavy atom. The molecule has 19 heavy (non-hydrogen) atoms. The molecule has 1 saturated carbocycles. The zero-order valence-electron chi connectivity index (χ0n) is 11.0. The van der Waals surface area contributed by atoms with Crippen LogP contribution in [0, 0.1) is 6.92 Å². The largest absolute Gasteiger partial charge is 0.316 e. The van der Waals surface area contributed by atoms with Gasteiger partial charge in [-0.2, -0.15) is 0 Å². The molecule has 6 nitrogen and oxygen atoms in total. The van der Waals surface area contributed by atoms with E-state index >= 15 is 0 Å². The van der Waals surface area contributed by atoms with E-state index in [-0.39, 0.29) is 0 Å². The van der Waals surface area contributed by atoms with Gasteiger partial charge in [-0.05, 0) is 60.1 Å². The number of nitrogens with zero attached hydrogens (tertiary/aromatic N) is 5. The van der Waals surface area contributed by atoms with Crippen LogP contribution in [0.15, 0.2) is 22.4 Å². The van der Waals surface area contributed by atoms with Crippen LogP contribution >= 0.6 is 11.8 Å². The Morgan fingerprint density at radius 3 is 3.00 bits per heavy atom. The number of hydrogen-bond donors (Lipinski definition) is 1. The number of aryl methyl sites for hydroxylation is 1. The first-order valence-corrected chi connectivity index (χ1v) is 7.15. The predicted molar refractivity (Wildman–Crippen MR) is 71.9 cm³/mol. The van der Waals surface area contributed by atoms with Gasteiger partial charge in [0.2, 0.25) is 5.16 Å². The Kier molecular flexibility index (Phi) is 3.48. The van der Waals surface area contributed by atoms with Crippen molar-refractivity contribution in [3.63, 3.8) is 0 Å². The van der Waals surface area contributed by atoms with E-state index in [2.05, 4.69) is 38.8 Å². The van der Waals surface area contributed by atoms with Crippen LogP contribution in [0.25, 0.3) is 0 Å².